The van der Waals surface area contributed by atoms with Crippen molar-refractivity contribution in [3.05, 3.63) is 59.7 Å². The molecule has 2 aromatic carbocycles. The molecule has 0 amide bonds. The van der Waals surface area contributed by atoms with Gasteiger partial charge in [0.05, 0.1) is 0 Å². The molecule has 19 heavy (non-hydrogen) atoms. The van der Waals surface area contributed by atoms with Gasteiger partial charge in [-0.25, -0.2) is 0 Å². The van der Waals surface area contributed by atoms with Crippen LogP contribution < -0.4 is 4.74 Å². The van der Waals surface area contributed by atoms with Crippen LogP contribution >= 0.6 is 0 Å². The van der Waals surface area contributed by atoms with Crippen LogP contribution in [-0.4, -0.2) is 0 Å². The summed E-state index contributed by atoms with van der Waals surface area (Å²) >= 11 is 0. The highest BCUT2D eigenvalue weighted by atomic mass is 16.5. The van der Waals surface area contributed by atoms with Crippen LogP contribution in [0.1, 0.15) is 44.2 Å². The van der Waals surface area contributed by atoms with Crippen LogP contribution in [0.25, 0.3) is 0 Å². The van der Waals surface area contributed by atoms with E-state index in [-0.39, 0.29) is 5.41 Å². The summed E-state index contributed by atoms with van der Waals surface area (Å²) in [5.41, 5.74) is 2.80. The quantitative estimate of drug-likeness (QED) is 0.721. The van der Waals surface area contributed by atoms with Gasteiger partial charge in [-0.2, -0.15) is 0 Å². The lowest BCUT2D eigenvalue weighted by Crippen LogP contribution is -2.30. The van der Waals surface area contributed by atoms with Gasteiger partial charge in [-0.3, -0.25) is 0 Å². The molecule has 1 aliphatic heterocycles. The van der Waals surface area contributed by atoms with Crippen molar-refractivity contribution in [3.8, 4) is 11.5 Å². The summed E-state index contributed by atoms with van der Waals surface area (Å²) in [5, 5.41) is 0. The zero-order chi connectivity index (χ0) is 13.3. The highest BCUT2D eigenvalue weighted by Gasteiger charge is 2.39. The largest absolute Gasteiger partial charge is 0.457 e. The van der Waals surface area contributed by atoms with Gasteiger partial charge in [0.1, 0.15) is 11.5 Å². The van der Waals surface area contributed by atoms with Crippen LogP contribution in [0.3, 0.4) is 0 Å². The van der Waals surface area contributed by atoms with Crippen molar-refractivity contribution >= 4 is 0 Å². The topological polar surface area (TPSA) is 9.23 Å². The molecule has 2 aromatic rings. The minimum atomic E-state index is 0.111. The molecule has 1 heterocycles. The lowest BCUT2D eigenvalue weighted by Gasteiger charge is -2.39. The summed E-state index contributed by atoms with van der Waals surface area (Å²) in [6.45, 7) is 4.55. The number of fused-ring (bicyclic) bond motifs is 2. The van der Waals surface area contributed by atoms with Gasteiger partial charge >= 0.3 is 0 Å². The Morgan fingerprint density at radius 3 is 1.84 bits per heavy atom. The first-order valence-electron chi connectivity index (χ1n) is 7.18. The van der Waals surface area contributed by atoms with Gasteiger partial charge < -0.3 is 4.74 Å². The van der Waals surface area contributed by atoms with Crippen LogP contribution in [0.5, 0.6) is 11.5 Å². The Bertz CT molecular complexity index is 540. The Balaban J connectivity index is 2.27. The van der Waals surface area contributed by atoms with Gasteiger partial charge in [-0.1, -0.05) is 56.7 Å². The minimum absolute atomic E-state index is 0.111. The van der Waals surface area contributed by atoms with Crippen LogP contribution in [0.15, 0.2) is 48.5 Å². The van der Waals surface area contributed by atoms with Gasteiger partial charge in [0, 0.05) is 16.5 Å². The van der Waals surface area contributed by atoms with Crippen LogP contribution in [0, 0.1) is 0 Å². The van der Waals surface area contributed by atoms with E-state index in [0.29, 0.717) is 0 Å². The van der Waals surface area contributed by atoms with E-state index in [4.69, 9.17) is 4.74 Å². The normalized spacial score (nSPS) is 15.3. The molecular formula is C18H20O. The van der Waals surface area contributed by atoms with E-state index in [0.717, 1.165) is 17.9 Å². The van der Waals surface area contributed by atoms with Crippen molar-refractivity contribution in [1.82, 2.24) is 0 Å². The predicted octanol–water partition coefficient (Wildman–Crippen LogP) is 5.29. The molecule has 0 saturated carbocycles. The zero-order valence-electron chi connectivity index (χ0n) is 11.6. The van der Waals surface area contributed by atoms with Gasteiger partial charge in [0.2, 0.25) is 0 Å². The van der Waals surface area contributed by atoms with Gasteiger partial charge in [0.15, 0.2) is 0 Å². The molecule has 0 fully saturated rings. The lowest BCUT2D eigenvalue weighted by molar-refractivity contribution is 0.364. The second-order valence-corrected chi connectivity index (χ2v) is 5.28. The standard InChI is InChI=1S/C18H20O/c1-3-13-18(4-2)14-9-5-7-11-16(14)19-17-12-8-6-10-15(17)18/h5-12H,3-4,13H2,1-2H3. The Hall–Kier alpha value is -1.76. The molecule has 3 rings (SSSR count). The molecule has 1 heteroatoms. The van der Waals surface area contributed by atoms with Crippen LogP contribution in [0.4, 0.5) is 0 Å². The maximum atomic E-state index is 6.08. The molecule has 98 valence electrons. The number of benzene rings is 2. The molecule has 0 aliphatic carbocycles. The summed E-state index contributed by atoms with van der Waals surface area (Å²) in [6.07, 6.45) is 3.45. The Morgan fingerprint density at radius 1 is 0.842 bits per heavy atom. The second kappa shape index (κ2) is 4.73. The SMILES string of the molecule is CCCC1(CC)c2ccccc2Oc2ccccc21. The summed E-state index contributed by atoms with van der Waals surface area (Å²) in [7, 11) is 0. The van der Waals surface area contributed by atoms with Gasteiger partial charge in [-0.05, 0) is 25.0 Å². The molecule has 0 atom stereocenters. The Kier molecular flexibility index (Phi) is 3.06. The molecule has 0 radical (unpaired) electrons. The molecule has 0 unspecified atom stereocenters. The van der Waals surface area contributed by atoms with Crippen molar-refractivity contribution in [2.24, 2.45) is 0 Å². The summed E-state index contributed by atoms with van der Waals surface area (Å²) in [6, 6.07) is 17.0. The van der Waals surface area contributed by atoms with Crippen molar-refractivity contribution in [2.75, 3.05) is 0 Å². The summed E-state index contributed by atoms with van der Waals surface area (Å²) in [4.78, 5) is 0. The minimum Gasteiger partial charge on any atom is -0.457 e. The highest BCUT2D eigenvalue weighted by molar-refractivity contribution is 5.57. The van der Waals surface area contributed by atoms with E-state index in [1.54, 1.807) is 0 Å². The van der Waals surface area contributed by atoms with Crippen molar-refractivity contribution in [3.63, 3.8) is 0 Å². The first kappa shape index (κ1) is 12.3. The number of rotatable bonds is 3. The van der Waals surface area contributed by atoms with E-state index < -0.39 is 0 Å². The fourth-order valence-electron chi connectivity index (χ4n) is 3.42. The lowest BCUT2D eigenvalue weighted by atomic mass is 9.68. The summed E-state index contributed by atoms with van der Waals surface area (Å²) in [5.74, 6) is 2.05. The molecular weight excluding hydrogens is 232 g/mol. The molecule has 0 bridgehead atoms. The molecule has 0 saturated heterocycles. The van der Waals surface area contributed by atoms with Gasteiger partial charge in [0.25, 0.3) is 0 Å². The number of ether oxygens (including phenoxy) is 1. The molecule has 0 N–H and O–H groups in total. The highest BCUT2D eigenvalue weighted by Crippen LogP contribution is 2.51. The molecule has 0 spiro atoms. The first-order valence-corrected chi connectivity index (χ1v) is 7.18. The summed E-state index contributed by atoms with van der Waals surface area (Å²) < 4.78 is 6.08. The smallest absolute Gasteiger partial charge is 0.131 e. The first-order chi connectivity index (χ1) is 9.31. The van der Waals surface area contributed by atoms with E-state index >= 15 is 0 Å². The van der Waals surface area contributed by atoms with E-state index in [9.17, 15) is 0 Å². The fraction of sp³-hybridized carbons (Fsp3) is 0.333. The van der Waals surface area contributed by atoms with E-state index in [2.05, 4.69) is 62.4 Å². The average Bonchev–Trinajstić information content (AvgIpc) is 2.47. The maximum Gasteiger partial charge on any atom is 0.131 e. The third-order valence-corrected chi connectivity index (χ3v) is 4.31. The van der Waals surface area contributed by atoms with Crippen LogP contribution in [-0.2, 0) is 5.41 Å². The maximum absolute atomic E-state index is 6.08. The zero-order valence-corrected chi connectivity index (χ0v) is 11.6. The number of hydrogen-bond acceptors (Lipinski definition) is 1. The monoisotopic (exact) mass is 252 g/mol. The number of para-hydroxylation sites is 2. The van der Waals surface area contributed by atoms with Crippen molar-refractivity contribution in [2.45, 2.75) is 38.5 Å². The van der Waals surface area contributed by atoms with Crippen molar-refractivity contribution < 1.29 is 4.74 Å². The number of hydrogen-bond donors (Lipinski definition) is 0. The fourth-order valence-corrected chi connectivity index (χ4v) is 3.42. The molecule has 1 aliphatic rings. The van der Waals surface area contributed by atoms with Crippen LogP contribution in [0.2, 0.25) is 0 Å². The third kappa shape index (κ3) is 1.76. The predicted molar refractivity (Wildman–Crippen MR) is 78.9 cm³/mol. The van der Waals surface area contributed by atoms with E-state index in [1.807, 2.05) is 0 Å². The van der Waals surface area contributed by atoms with Gasteiger partial charge in [-0.15, -0.1) is 0 Å². The Labute approximate surface area is 115 Å². The van der Waals surface area contributed by atoms with Crippen molar-refractivity contribution in [1.29, 1.82) is 0 Å². The van der Waals surface area contributed by atoms with E-state index in [1.165, 1.54) is 24.0 Å². The second-order valence-electron chi connectivity index (χ2n) is 5.28. The molecule has 0 aromatic heterocycles. The molecule has 1 nitrogen and oxygen atoms in total. The third-order valence-electron chi connectivity index (χ3n) is 4.31. The average molecular weight is 252 g/mol. The Morgan fingerprint density at radius 2 is 1.37 bits per heavy atom.